The standard InChI is InChI=1S/C14H14ClNO5.C2HF3O2/c15-10-8(2-1-3-9(10)17)4-16-6-13(11(18)19)5-14(13,7-16)12(20)21;3-2(4,5)1(6)7/h1-3,17H,4-7H2,(H,18,19)(H,20,21);(H,6,7)/t13-,14+;. The van der Waals surface area contributed by atoms with Gasteiger partial charge in [-0.1, -0.05) is 23.7 Å². The van der Waals surface area contributed by atoms with Gasteiger partial charge in [-0.25, -0.2) is 4.79 Å². The number of rotatable bonds is 4. The van der Waals surface area contributed by atoms with Gasteiger partial charge in [0.2, 0.25) is 0 Å². The predicted octanol–water partition coefficient (Wildman–Crippen LogP) is 2.04. The SMILES string of the molecule is O=C(O)C(F)(F)F.O=C(O)[C@@]12CN(Cc3cccc(O)c3Cl)C[C@]1(C(=O)O)C2. The first kappa shape index (κ1) is 21.8. The van der Waals surface area contributed by atoms with E-state index in [9.17, 15) is 38.1 Å². The molecule has 0 amide bonds. The van der Waals surface area contributed by atoms with Crippen LogP contribution in [0, 0.1) is 10.8 Å². The number of likely N-dealkylation sites (tertiary alicyclic amines) is 1. The number of hydrogen-bond donors (Lipinski definition) is 4. The lowest BCUT2D eigenvalue weighted by Crippen LogP contribution is -2.28. The fraction of sp³-hybridized carbons (Fsp3) is 0.438. The van der Waals surface area contributed by atoms with Crippen LogP contribution in [0.25, 0.3) is 0 Å². The normalized spacial score (nSPS) is 26.0. The molecule has 8 nitrogen and oxygen atoms in total. The van der Waals surface area contributed by atoms with Crippen LogP contribution in [-0.4, -0.2) is 62.5 Å². The van der Waals surface area contributed by atoms with E-state index in [1.54, 1.807) is 17.0 Å². The molecule has 1 saturated carbocycles. The van der Waals surface area contributed by atoms with Crippen LogP contribution < -0.4 is 0 Å². The minimum Gasteiger partial charge on any atom is -0.506 e. The van der Waals surface area contributed by atoms with Gasteiger partial charge in [0.15, 0.2) is 0 Å². The average Bonchev–Trinajstić information content (AvgIpc) is 3.11. The first-order chi connectivity index (χ1) is 12.8. The molecule has 1 heterocycles. The predicted molar refractivity (Wildman–Crippen MR) is 86.8 cm³/mol. The summed E-state index contributed by atoms with van der Waals surface area (Å²) in [4.78, 5) is 33.5. The van der Waals surface area contributed by atoms with Gasteiger partial charge in [-0.15, -0.1) is 0 Å². The van der Waals surface area contributed by atoms with Crippen LogP contribution in [0.15, 0.2) is 18.2 Å². The minimum atomic E-state index is -5.08. The molecule has 2 atom stereocenters. The van der Waals surface area contributed by atoms with Crippen LogP contribution in [0.5, 0.6) is 5.75 Å². The van der Waals surface area contributed by atoms with Gasteiger partial charge in [-0.2, -0.15) is 13.2 Å². The van der Waals surface area contributed by atoms with Crippen molar-refractivity contribution in [3.8, 4) is 5.75 Å². The second-order valence-electron chi connectivity index (χ2n) is 6.65. The molecule has 154 valence electrons. The van der Waals surface area contributed by atoms with Gasteiger partial charge in [-0.05, 0) is 18.1 Å². The molecule has 0 aromatic heterocycles. The van der Waals surface area contributed by atoms with Crippen molar-refractivity contribution in [3.63, 3.8) is 0 Å². The lowest BCUT2D eigenvalue weighted by molar-refractivity contribution is -0.192. The van der Waals surface area contributed by atoms with E-state index in [0.717, 1.165) is 0 Å². The van der Waals surface area contributed by atoms with Crippen LogP contribution in [0.1, 0.15) is 12.0 Å². The molecule has 4 N–H and O–H groups in total. The maximum Gasteiger partial charge on any atom is 0.490 e. The van der Waals surface area contributed by atoms with Crippen molar-refractivity contribution in [2.75, 3.05) is 13.1 Å². The molecule has 2 aliphatic rings. The third-order valence-electron chi connectivity index (χ3n) is 4.90. The van der Waals surface area contributed by atoms with Crippen molar-refractivity contribution in [2.45, 2.75) is 19.1 Å². The number of halogens is 4. The number of hydrogen-bond acceptors (Lipinski definition) is 5. The second kappa shape index (κ2) is 7.13. The van der Waals surface area contributed by atoms with Crippen molar-refractivity contribution in [3.05, 3.63) is 28.8 Å². The summed E-state index contributed by atoms with van der Waals surface area (Å²) in [7, 11) is 0. The third kappa shape index (κ3) is 3.72. The quantitative estimate of drug-likeness (QED) is 0.575. The summed E-state index contributed by atoms with van der Waals surface area (Å²) in [5.74, 6) is -4.92. The fourth-order valence-corrected chi connectivity index (χ4v) is 3.63. The average molecular weight is 426 g/mol. The number of alkyl halides is 3. The number of carboxylic acid groups (broad SMARTS) is 3. The maximum absolute atomic E-state index is 11.4. The molecule has 0 unspecified atom stereocenters. The largest absolute Gasteiger partial charge is 0.506 e. The summed E-state index contributed by atoms with van der Waals surface area (Å²) < 4.78 is 31.7. The monoisotopic (exact) mass is 425 g/mol. The van der Waals surface area contributed by atoms with Crippen LogP contribution in [0.4, 0.5) is 13.2 Å². The van der Waals surface area contributed by atoms with Gasteiger partial charge in [0.1, 0.15) is 5.75 Å². The van der Waals surface area contributed by atoms with Gasteiger partial charge >= 0.3 is 24.1 Å². The number of carboxylic acids is 3. The zero-order valence-corrected chi connectivity index (χ0v) is 14.8. The van der Waals surface area contributed by atoms with E-state index in [2.05, 4.69) is 0 Å². The Balaban J connectivity index is 0.000000345. The summed E-state index contributed by atoms with van der Waals surface area (Å²) in [6.07, 6.45) is -4.91. The summed E-state index contributed by atoms with van der Waals surface area (Å²) in [5.41, 5.74) is -1.73. The maximum atomic E-state index is 11.4. The van der Waals surface area contributed by atoms with Gasteiger partial charge < -0.3 is 20.4 Å². The van der Waals surface area contributed by atoms with E-state index in [4.69, 9.17) is 21.5 Å². The molecule has 0 bridgehead atoms. The molecule has 0 radical (unpaired) electrons. The second-order valence-corrected chi connectivity index (χ2v) is 7.03. The number of phenols is 1. The number of benzene rings is 1. The van der Waals surface area contributed by atoms with Crippen LogP contribution in [0.2, 0.25) is 5.02 Å². The summed E-state index contributed by atoms with van der Waals surface area (Å²) in [6, 6.07) is 4.84. The third-order valence-corrected chi connectivity index (χ3v) is 5.33. The highest BCUT2D eigenvalue weighted by Crippen LogP contribution is 2.68. The Bertz CT molecular complexity index is 803. The highest BCUT2D eigenvalue weighted by molar-refractivity contribution is 6.32. The Morgan fingerprint density at radius 3 is 1.93 bits per heavy atom. The van der Waals surface area contributed by atoms with E-state index >= 15 is 0 Å². The van der Waals surface area contributed by atoms with E-state index in [1.165, 1.54) is 6.07 Å². The molecule has 1 aliphatic carbocycles. The highest BCUT2D eigenvalue weighted by Gasteiger charge is 2.80. The Kier molecular flexibility index (Phi) is 5.55. The number of nitrogens with zero attached hydrogens (tertiary/aromatic N) is 1. The van der Waals surface area contributed by atoms with E-state index in [-0.39, 0.29) is 30.3 Å². The van der Waals surface area contributed by atoms with E-state index in [1.807, 2.05) is 0 Å². The first-order valence-corrected chi connectivity index (χ1v) is 8.10. The lowest BCUT2D eigenvalue weighted by Gasteiger charge is -2.20. The van der Waals surface area contributed by atoms with Crippen molar-refractivity contribution >= 4 is 29.5 Å². The number of phenolic OH excluding ortho intramolecular Hbond substituents is 1. The Hall–Kier alpha value is -2.53. The van der Waals surface area contributed by atoms with Crippen molar-refractivity contribution in [1.29, 1.82) is 0 Å². The van der Waals surface area contributed by atoms with Gasteiger partial charge in [0, 0.05) is 19.6 Å². The van der Waals surface area contributed by atoms with Crippen LogP contribution >= 0.6 is 11.6 Å². The number of carbonyl (C=O) groups is 3. The zero-order chi connectivity index (χ0) is 21.5. The molecule has 1 saturated heterocycles. The molecule has 2 fully saturated rings. The number of aromatic hydroxyl groups is 1. The number of aliphatic carboxylic acids is 3. The molecule has 12 heteroatoms. The highest BCUT2D eigenvalue weighted by atomic mass is 35.5. The van der Waals surface area contributed by atoms with Crippen molar-refractivity contribution < 1.29 is 48.0 Å². The smallest absolute Gasteiger partial charge is 0.490 e. The number of piperidine rings is 1. The minimum absolute atomic E-state index is 0.0422. The molecular weight excluding hydrogens is 411 g/mol. The number of fused-ring (bicyclic) bond motifs is 1. The Labute approximate surface area is 160 Å². The molecule has 0 spiro atoms. The summed E-state index contributed by atoms with van der Waals surface area (Å²) in [6.45, 7) is 0.679. The van der Waals surface area contributed by atoms with Crippen LogP contribution in [-0.2, 0) is 20.9 Å². The van der Waals surface area contributed by atoms with Crippen LogP contribution in [0.3, 0.4) is 0 Å². The molecule has 3 rings (SSSR count). The molecule has 1 aromatic carbocycles. The first-order valence-electron chi connectivity index (χ1n) is 7.72. The van der Waals surface area contributed by atoms with E-state index in [0.29, 0.717) is 12.1 Å². The Morgan fingerprint density at radius 2 is 1.54 bits per heavy atom. The topological polar surface area (TPSA) is 135 Å². The van der Waals surface area contributed by atoms with Crippen molar-refractivity contribution in [2.24, 2.45) is 10.8 Å². The van der Waals surface area contributed by atoms with E-state index < -0.39 is 34.9 Å². The van der Waals surface area contributed by atoms with Gasteiger partial charge in [0.05, 0.1) is 15.9 Å². The molecule has 1 aromatic rings. The lowest BCUT2D eigenvalue weighted by atomic mass is 9.97. The van der Waals surface area contributed by atoms with Crippen molar-refractivity contribution in [1.82, 2.24) is 4.90 Å². The Morgan fingerprint density at radius 1 is 1.07 bits per heavy atom. The zero-order valence-electron chi connectivity index (χ0n) is 14.0. The fourth-order valence-electron chi connectivity index (χ4n) is 3.44. The molecule has 1 aliphatic heterocycles. The summed E-state index contributed by atoms with van der Waals surface area (Å²) in [5, 5.41) is 35.6. The van der Waals surface area contributed by atoms with Gasteiger partial charge in [0.25, 0.3) is 0 Å². The summed E-state index contributed by atoms with van der Waals surface area (Å²) >= 11 is 6.00. The molecule has 28 heavy (non-hydrogen) atoms. The van der Waals surface area contributed by atoms with Gasteiger partial charge in [-0.3, -0.25) is 14.5 Å². The molecular formula is C16H15ClF3NO7.